The van der Waals surface area contributed by atoms with E-state index in [2.05, 4.69) is 0 Å². The minimum Gasteiger partial charge on any atom is -0.500 e. The second kappa shape index (κ2) is 6.00. The van der Waals surface area contributed by atoms with Gasteiger partial charge in [0, 0.05) is 5.92 Å². The Balaban J connectivity index is 1.99. The molecule has 0 aromatic heterocycles. The van der Waals surface area contributed by atoms with E-state index in [0.717, 1.165) is 0 Å². The third-order valence-corrected chi connectivity index (χ3v) is 5.52. The molecule has 1 aliphatic heterocycles. The van der Waals surface area contributed by atoms with E-state index in [1.807, 2.05) is 0 Å². The standard InChI is InChI=1S/C19H18O8/c1-23-9-6-8-11(14-13(9)18(21)27-19(14)22)7-5-10(24-2)16(25-3)17(26-4)12(7)15(8)20/h5-6,8,11,13-14H,1-4H3/t8-,11-,13-,14+/m0/s1. The summed E-state index contributed by atoms with van der Waals surface area (Å²) < 4.78 is 26.4. The SMILES string of the molecule is COC1=C[C@@H]2C(=O)c3c(cc(OC)c(OC)c3OC)[C@@H]2[C@H]2C(=O)OC(=O)[C@@H]12. The number of ketones is 1. The summed E-state index contributed by atoms with van der Waals surface area (Å²) in [5.74, 6) is -3.29. The van der Waals surface area contributed by atoms with E-state index < -0.39 is 35.6 Å². The van der Waals surface area contributed by atoms with Crippen molar-refractivity contribution in [3.8, 4) is 17.2 Å². The Hall–Kier alpha value is -3.03. The molecule has 1 saturated heterocycles. The highest BCUT2D eigenvalue weighted by molar-refractivity contribution is 6.10. The normalized spacial score (nSPS) is 28.0. The quantitative estimate of drug-likeness (QED) is 0.577. The van der Waals surface area contributed by atoms with Gasteiger partial charge in [-0.05, 0) is 17.7 Å². The smallest absolute Gasteiger partial charge is 0.325 e. The van der Waals surface area contributed by atoms with Crippen molar-refractivity contribution < 1.29 is 38.1 Å². The molecule has 27 heavy (non-hydrogen) atoms. The summed E-state index contributed by atoms with van der Waals surface area (Å²) >= 11 is 0. The third-order valence-electron chi connectivity index (χ3n) is 5.52. The Morgan fingerprint density at radius 3 is 2.15 bits per heavy atom. The molecule has 0 spiro atoms. The monoisotopic (exact) mass is 374 g/mol. The Morgan fingerprint density at radius 1 is 0.852 bits per heavy atom. The molecular formula is C19H18O8. The number of esters is 2. The number of hydrogen-bond donors (Lipinski definition) is 0. The van der Waals surface area contributed by atoms with Gasteiger partial charge < -0.3 is 23.7 Å². The van der Waals surface area contributed by atoms with Crippen LogP contribution < -0.4 is 14.2 Å². The van der Waals surface area contributed by atoms with Crippen molar-refractivity contribution in [3.63, 3.8) is 0 Å². The van der Waals surface area contributed by atoms with Gasteiger partial charge in [-0.15, -0.1) is 0 Å². The van der Waals surface area contributed by atoms with Gasteiger partial charge in [-0.25, -0.2) is 0 Å². The molecule has 4 rings (SSSR count). The van der Waals surface area contributed by atoms with Crippen molar-refractivity contribution in [2.45, 2.75) is 5.92 Å². The van der Waals surface area contributed by atoms with E-state index in [4.69, 9.17) is 23.7 Å². The fraction of sp³-hybridized carbons (Fsp3) is 0.421. The van der Waals surface area contributed by atoms with Crippen LogP contribution in [-0.4, -0.2) is 46.2 Å². The van der Waals surface area contributed by atoms with Crippen LogP contribution in [0.2, 0.25) is 0 Å². The minimum atomic E-state index is -0.860. The number of rotatable bonds is 4. The maximum atomic E-state index is 13.2. The molecule has 1 fully saturated rings. The Morgan fingerprint density at radius 2 is 1.56 bits per heavy atom. The number of cyclic esters (lactones) is 2. The highest BCUT2D eigenvalue weighted by Crippen LogP contribution is 2.58. The summed E-state index contributed by atoms with van der Waals surface area (Å²) in [6, 6.07) is 1.66. The zero-order chi connectivity index (χ0) is 19.5. The Bertz CT molecular complexity index is 899. The lowest BCUT2D eigenvalue weighted by atomic mass is 9.70. The summed E-state index contributed by atoms with van der Waals surface area (Å²) in [6.07, 6.45) is 1.60. The highest BCUT2D eigenvalue weighted by Gasteiger charge is 2.60. The molecule has 0 amide bonds. The maximum absolute atomic E-state index is 13.2. The number of fused-ring (bicyclic) bond motifs is 5. The minimum absolute atomic E-state index is 0.229. The van der Waals surface area contributed by atoms with E-state index >= 15 is 0 Å². The van der Waals surface area contributed by atoms with Gasteiger partial charge >= 0.3 is 11.9 Å². The number of carbonyl (C=O) groups excluding carboxylic acids is 3. The van der Waals surface area contributed by atoms with Crippen molar-refractivity contribution in [1.29, 1.82) is 0 Å². The van der Waals surface area contributed by atoms with Crippen LogP contribution >= 0.6 is 0 Å². The molecule has 2 aliphatic carbocycles. The zero-order valence-corrected chi connectivity index (χ0v) is 15.2. The molecule has 4 atom stereocenters. The lowest BCUT2D eigenvalue weighted by molar-refractivity contribution is -0.153. The van der Waals surface area contributed by atoms with Crippen molar-refractivity contribution >= 4 is 17.7 Å². The van der Waals surface area contributed by atoms with Crippen molar-refractivity contribution in [2.24, 2.45) is 17.8 Å². The number of ether oxygens (including phenoxy) is 5. The molecule has 0 unspecified atom stereocenters. The van der Waals surface area contributed by atoms with Crippen molar-refractivity contribution in [2.75, 3.05) is 28.4 Å². The zero-order valence-electron chi connectivity index (χ0n) is 15.2. The number of Topliss-reactive ketones (excluding diaryl/α,β-unsaturated/α-hetero) is 1. The second-order valence-corrected chi connectivity index (χ2v) is 6.54. The first-order valence-corrected chi connectivity index (χ1v) is 8.36. The van der Waals surface area contributed by atoms with Gasteiger partial charge in [0.05, 0.1) is 45.8 Å². The Kier molecular flexibility index (Phi) is 3.87. The van der Waals surface area contributed by atoms with Crippen molar-refractivity contribution in [3.05, 3.63) is 29.0 Å². The third kappa shape index (κ3) is 2.12. The van der Waals surface area contributed by atoms with Crippen molar-refractivity contribution in [1.82, 2.24) is 0 Å². The van der Waals surface area contributed by atoms with Gasteiger partial charge in [-0.1, -0.05) is 0 Å². The first-order chi connectivity index (χ1) is 13.0. The van der Waals surface area contributed by atoms with Crippen LogP contribution in [0.4, 0.5) is 0 Å². The number of carbonyl (C=O) groups is 3. The molecule has 142 valence electrons. The topological polar surface area (TPSA) is 97.4 Å². The molecule has 1 aromatic carbocycles. The van der Waals surface area contributed by atoms with Gasteiger partial charge in [0.1, 0.15) is 11.7 Å². The molecule has 8 heteroatoms. The van der Waals surface area contributed by atoms with Crippen LogP contribution in [0.1, 0.15) is 21.8 Å². The predicted molar refractivity (Wildman–Crippen MR) is 89.8 cm³/mol. The summed E-state index contributed by atoms with van der Waals surface area (Å²) in [6.45, 7) is 0. The van der Waals surface area contributed by atoms with Crippen LogP contribution in [0.25, 0.3) is 0 Å². The van der Waals surface area contributed by atoms with Crippen LogP contribution in [0.15, 0.2) is 17.9 Å². The molecule has 8 nitrogen and oxygen atoms in total. The molecule has 0 saturated carbocycles. The maximum Gasteiger partial charge on any atom is 0.325 e. The fourth-order valence-corrected chi connectivity index (χ4v) is 4.45. The number of hydrogen-bond acceptors (Lipinski definition) is 8. The van der Waals surface area contributed by atoms with Crippen LogP contribution in [0.5, 0.6) is 17.2 Å². The largest absolute Gasteiger partial charge is 0.500 e. The first kappa shape index (κ1) is 17.4. The Labute approximate surface area is 155 Å². The molecule has 0 radical (unpaired) electrons. The van der Waals surface area contributed by atoms with Gasteiger partial charge in [-0.3, -0.25) is 14.4 Å². The van der Waals surface area contributed by atoms with Gasteiger partial charge in [0.2, 0.25) is 5.75 Å². The average Bonchev–Trinajstić information content (AvgIpc) is 3.13. The first-order valence-electron chi connectivity index (χ1n) is 8.36. The van der Waals surface area contributed by atoms with Crippen LogP contribution in [-0.2, 0) is 19.1 Å². The fourth-order valence-electron chi connectivity index (χ4n) is 4.45. The van der Waals surface area contributed by atoms with Crippen LogP contribution in [0, 0.1) is 17.8 Å². The molecule has 3 aliphatic rings. The lowest BCUT2D eigenvalue weighted by Gasteiger charge is -2.30. The van der Waals surface area contributed by atoms with Crippen LogP contribution in [0.3, 0.4) is 0 Å². The number of methoxy groups -OCH3 is 4. The lowest BCUT2D eigenvalue weighted by Crippen LogP contribution is -2.34. The van der Waals surface area contributed by atoms with E-state index in [1.165, 1.54) is 28.4 Å². The van der Waals surface area contributed by atoms with E-state index in [0.29, 0.717) is 22.6 Å². The van der Waals surface area contributed by atoms with E-state index in [-0.39, 0.29) is 17.3 Å². The second-order valence-electron chi connectivity index (χ2n) is 6.54. The molecular weight excluding hydrogens is 356 g/mol. The summed E-state index contributed by atoms with van der Waals surface area (Å²) in [4.78, 5) is 37.8. The summed E-state index contributed by atoms with van der Waals surface area (Å²) in [5.41, 5.74) is 0.900. The predicted octanol–water partition coefficient (Wildman–Crippen LogP) is 1.47. The molecule has 0 N–H and O–H groups in total. The van der Waals surface area contributed by atoms with Gasteiger partial charge in [0.15, 0.2) is 17.3 Å². The number of allylic oxidation sites excluding steroid dienone is 1. The number of benzene rings is 1. The van der Waals surface area contributed by atoms with E-state index in [9.17, 15) is 14.4 Å². The average molecular weight is 374 g/mol. The summed E-state index contributed by atoms with van der Waals surface area (Å²) in [7, 11) is 5.75. The van der Waals surface area contributed by atoms with Gasteiger partial charge in [-0.2, -0.15) is 0 Å². The van der Waals surface area contributed by atoms with Gasteiger partial charge in [0.25, 0.3) is 0 Å². The summed E-state index contributed by atoms with van der Waals surface area (Å²) in [5, 5.41) is 0. The molecule has 0 bridgehead atoms. The highest BCUT2D eigenvalue weighted by atomic mass is 16.6. The van der Waals surface area contributed by atoms with E-state index in [1.54, 1.807) is 12.1 Å². The molecule has 1 aromatic rings. The molecule has 1 heterocycles.